The molecule has 0 atom stereocenters. The first-order chi connectivity index (χ1) is 15.0. The number of halogens is 2. The summed E-state index contributed by atoms with van der Waals surface area (Å²) in [6.07, 6.45) is 1.84. The first-order valence-corrected chi connectivity index (χ1v) is 12.3. The second-order valence-electron chi connectivity index (χ2n) is 6.74. The number of hydrogen-bond acceptors (Lipinski definition) is 5. The number of rotatable bonds is 6. The third kappa shape index (κ3) is 5.95. The summed E-state index contributed by atoms with van der Waals surface area (Å²) in [5.74, 6) is 0.184. The van der Waals surface area contributed by atoms with Gasteiger partial charge in [0.05, 0.1) is 21.7 Å². The normalized spacial score (nSPS) is 11.3. The van der Waals surface area contributed by atoms with E-state index in [1.54, 1.807) is 17.4 Å². The molecule has 1 N–H and O–H groups in total. The van der Waals surface area contributed by atoms with Crippen LogP contribution in [0.4, 0.5) is 11.4 Å². The molecule has 8 heteroatoms. The van der Waals surface area contributed by atoms with E-state index in [-0.39, 0.29) is 11.7 Å². The SMILES string of the molecule is Cc1ccc(NC(=O)CSc2nc3ccc(N=Cc4ccc(Br)cc4)cc3s2)cc1Cl. The van der Waals surface area contributed by atoms with E-state index in [9.17, 15) is 4.79 Å². The molecule has 4 nitrogen and oxygen atoms in total. The van der Waals surface area contributed by atoms with Gasteiger partial charge < -0.3 is 5.32 Å². The number of fused-ring (bicyclic) bond motifs is 1. The van der Waals surface area contributed by atoms with Crippen molar-refractivity contribution in [3.05, 3.63) is 81.3 Å². The number of aryl methyl sites for hydroxylation is 1. The van der Waals surface area contributed by atoms with Gasteiger partial charge in [0.25, 0.3) is 0 Å². The highest BCUT2D eigenvalue weighted by molar-refractivity contribution is 9.10. The predicted octanol–water partition coefficient (Wildman–Crippen LogP) is 7.50. The zero-order valence-corrected chi connectivity index (χ0v) is 20.4. The van der Waals surface area contributed by atoms with Crippen LogP contribution in [0.3, 0.4) is 0 Å². The van der Waals surface area contributed by atoms with Gasteiger partial charge in [-0.1, -0.05) is 57.5 Å². The van der Waals surface area contributed by atoms with Crippen molar-refractivity contribution in [2.24, 2.45) is 4.99 Å². The predicted molar refractivity (Wildman–Crippen MR) is 137 cm³/mol. The van der Waals surface area contributed by atoms with E-state index in [1.807, 2.05) is 67.7 Å². The molecule has 0 aliphatic rings. The lowest BCUT2D eigenvalue weighted by Crippen LogP contribution is -2.13. The van der Waals surface area contributed by atoms with Crippen molar-refractivity contribution in [3.8, 4) is 0 Å². The first-order valence-electron chi connectivity index (χ1n) is 9.35. The van der Waals surface area contributed by atoms with Crippen LogP contribution in [0, 0.1) is 6.92 Å². The van der Waals surface area contributed by atoms with Gasteiger partial charge in [0.15, 0.2) is 4.34 Å². The van der Waals surface area contributed by atoms with Crippen LogP contribution in [0.5, 0.6) is 0 Å². The third-order valence-electron chi connectivity index (χ3n) is 4.37. The van der Waals surface area contributed by atoms with Gasteiger partial charge in [0.2, 0.25) is 5.91 Å². The molecule has 0 radical (unpaired) electrons. The lowest BCUT2D eigenvalue weighted by molar-refractivity contribution is -0.113. The second-order valence-corrected chi connectivity index (χ2v) is 10.3. The van der Waals surface area contributed by atoms with Gasteiger partial charge in [0, 0.05) is 21.4 Å². The van der Waals surface area contributed by atoms with Crippen molar-refractivity contribution < 1.29 is 4.79 Å². The molecule has 0 saturated carbocycles. The Bertz CT molecular complexity index is 1270. The summed E-state index contributed by atoms with van der Waals surface area (Å²) in [6, 6.07) is 19.4. The minimum atomic E-state index is -0.0936. The van der Waals surface area contributed by atoms with Gasteiger partial charge in [-0.3, -0.25) is 9.79 Å². The van der Waals surface area contributed by atoms with Crippen molar-refractivity contribution in [3.63, 3.8) is 0 Å². The lowest BCUT2D eigenvalue weighted by atomic mass is 10.2. The summed E-state index contributed by atoms with van der Waals surface area (Å²) in [4.78, 5) is 21.4. The monoisotopic (exact) mass is 529 g/mol. The van der Waals surface area contributed by atoms with Gasteiger partial charge in [-0.15, -0.1) is 11.3 Å². The van der Waals surface area contributed by atoms with Crippen LogP contribution >= 0.6 is 50.6 Å². The average molecular weight is 531 g/mol. The number of amides is 1. The minimum Gasteiger partial charge on any atom is -0.325 e. The molecule has 0 bridgehead atoms. The molecular formula is C23H17BrClN3OS2. The van der Waals surface area contributed by atoms with Crippen LogP contribution < -0.4 is 5.32 Å². The fourth-order valence-corrected chi connectivity index (χ4v) is 5.07. The molecule has 0 unspecified atom stereocenters. The average Bonchev–Trinajstić information content (AvgIpc) is 3.17. The van der Waals surface area contributed by atoms with Gasteiger partial charge in [-0.2, -0.15) is 0 Å². The summed E-state index contributed by atoms with van der Waals surface area (Å²) in [7, 11) is 0. The summed E-state index contributed by atoms with van der Waals surface area (Å²) < 4.78 is 2.93. The Morgan fingerprint density at radius 3 is 2.77 bits per heavy atom. The van der Waals surface area contributed by atoms with Gasteiger partial charge in [-0.25, -0.2) is 4.98 Å². The second kappa shape index (κ2) is 9.96. The number of nitrogens with one attached hydrogen (secondary N) is 1. The topological polar surface area (TPSA) is 54.4 Å². The summed E-state index contributed by atoms with van der Waals surface area (Å²) in [5, 5.41) is 3.50. The number of aliphatic imine (C=N–C) groups is 1. The maximum absolute atomic E-state index is 12.3. The van der Waals surface area contributed by atoms with Gasteiger partial charge >= 0.3 is 0 Å². The third-order valence-corrected chi connectivity index (χ3v) is 7.46. The van der Waals surface area contributed by atoms with Crippen molar-refractivity contribution in [1.82, 2.24) is 4.98 Å². The Balaban J connectivity index is 1.39. The van der Waals surface area contributed by atoms with Crippen LogP contribution in [0.25, 0.3) is 10.2 Å². The Hall–Kier alpha value is -2.19. The molecule has 156 valence electrons. The van der Waals surface area contributed by atoms with E-state index in [0.29, 0.717) is 10.7 Å². The maximum atomic E-state index is 12.3. The van der Waals surface area contributed by atoms with Crippen molar-refractivity contribution in [2.45, 2.75) is 11.3 Å². The van der Waals surface area contributed by atoms with Crippen LogP contribution in [0.15, 0.2) is 74.5 Å². The Morgan fingerprint density at radius 2 is 2.00 bits per heavy atom. The molecule has 1 aromatic heterocycles. The molecule has 1 amide bonds. The number of nitrogens with zero attached hydrogens (tertiary/aromatic N) is 2. The van der Waals surface area contributed by atoms with E-state index in [2.05, 4.69) is 31.2 Å². The number of thiazole rings is 1. The van der Waals surface area contributed by atoms with E-state index < -0.39 is 0 Å². The Labute approximate surface area is 201 Å². The highest BCUT2D eigenvalue weighted by atomic mass is 79.9. The van der Waals surface area contributed by atoms with E-state index >= 15 is 0 Å². The highest BCUT2D eigenvalue weighted by Gasteiger charge is 2.09. The molecule has 0 aliphatic heterocycles. The fraction of sp³-hybridized carbons (Fsp3) is 0.0870. The summed E-state index contributed by atoms with van der Waals surface area (Å²) in [6.45, 7) is 1.93. The number of carbonyl (C=O) groups excluding carboxylic acids is 1. The molecule has 1 heterocycles. The molecule has 0 fully saturated rings. The van der Waals surface area contributed by atoms with Crippen LogP contribution in [-0.4, -0.2) is 22.9 Å². The number of hydrogen-bond donors (Lipinski definition) is 1. The fourth-order valence-electron chi connectivity index (χ4n) is 2.73. The highest BCUT2D eigenvalue weighted by Crippen LogP contribution is 2.32. The van der Waals surface area contributed by atoms with Crippen molar-refractivity contribution >= 4 is 84.3 Å². The lowest BCUT2D eigenvalue weighted by Gasteiger charge is -2.06. The van der Waals surface area contributed by atoms with Crippen LogP contribution in [0.2, 0.25) is 5.02 Å². The number of benzene rings is 3. The molecule has 4 aromatic rings. The number of aromatic nitrogens is 1. The summed E-state index contributed by atoms with van der Waals surface area (Å²) in [5.41, 5.74) is 4.47. The molecule has 0 aliphatic carbocycles. The van der Waals surface area contributed by atoms with E-state index in [1.165, 1.54) is 11.8 Å². The first kappa shape index (κ1) is 22.0. The van der Waals surface area contributed by atoms with Crippen LogP contribution in [-0.2, 0) is 4.79 Å². The Morgan fingerprint density at radius 1 is 1.19 bits per heavy atom. The largest absolute Gasteiger partial charge is 0.325 e. The number of anilines is 1. The molecule has 3 aromatic carbocycles. The standard InChI is InChI=1S/C23H17BrClN3OS2/c1-14-2-7-18(10-19(14)25)27-22(29)13-30-23-28-20-9-8-17(11-21(20)31-23)26-12-15-3-5-16(24)6-4-15/h2-12H,13H2,1H3,(H,27,29). The van der Waals surface area contributed by atoms with Gasteiger partial charge in [-0.05, 0) is 60.5 Å². The summed E-state index contributed by atoms with van der Waals surface area (Å²) >= 11 is 12.5. The maximum Gasteiger partial charge on any atom is 0.234 e. The number of thioether (sulfide) groups is 1. The molecule has 31 heavy (non-hydrogen) atoms. The zero-order valence-electron chi connectivity index (χ0n) is 16.4. The Kier molecular flexibility index (Phi) is 7.07. The quantitative estimate of drug-likeness (QED) is 0.207. The van der Waals surface area contributed by atoms with Crippen LogP contribution in [0.1, 0.15) is 11.1 Å². The van der Waals surface area contributed by atoms with E-state index in [4.69, 9.17) is 11.6 Å². The molecule has 4 rings (SSSR count). The smallest absolute Gasteiger partial charge is 0.234 e. The van der Waals surface area contributed by atoms with Crippen molar-refractivity contribution in [2.75, 3.05) is 11.1 Å². The zero-order chi connectivity index (χ0) is 21.8. The molecule has 0 spiro atoms. The van der Waals surface area contributed by atoms with Gasteiger partial charge in [0.1, 0.15) is 0 Å². The minimum absolute atomic E-state index is 0.0936. The van der Waals surface area contributed by atoms with Crippen molar-refractivity contribution in [1.29, 1.82) is 0 Å². The number of carbonyl (C=O) groups is 1. The molecular weight excluding hydrogens is 514 g/mol. The van der Waals surface area contributed by atoms with E-state index in [0.717, 1.165) is 35.8 Å². The molecule has 0 saturated heterocycles.